The van der Waals surface area contributed by atoms with Crippen LogP contribution in [0, 0.1) is 0 Å². The maximum Gasteiger partial charge on any atom is 0.247 e. The molecule has 0 radical (unpaired) electrons. The van der Waals surface area contributed by atoms with Crippen molar-refractivity contribution in [2.75, 3.05) is 71.4 Å². The Labute approximate surface area is 133 Å². The second kappa shape index (κ2) is 17.3. The van der Waals surface area contributed by atoms with E-state index in [-0.39, 0.29) is 6.61 Å². The van der Waals surface area contributed by atoms with Crippen LogP contribution in [-0.4, -0.2) is 76.6 Å². The van der Waals surface area contributed by atoms with E-state index in [1.807, 2.05) is 0 Å². The van der Waals surface area contributed by atoms with Crippen LogP contribution in [0.25, 0.3) is 0 Å². The highest BCUT2D eigenvalue weighted by molar-refractivity contribution is 9.09. The molecule has 20 heavy (non-hydrogen) atoms. The SMILES string of the molecule is O=C(Cl)COCCOCCOCCOCCOCCBr. The first-order valence-electron chi connectivity index (χ1n) is 6.40. The second-order valence-corrected chi connectivity index (χ2v) is 4.76. The van der Waals surface area contributed by atoms with Crippen molar-refractivity contribution in [3.8, 4) is 0 Å². The summed E-state index contributed by atoms with van der Waals surface area (Å²) in [5, 5.41) is 0.328. The number of alkyl halides is 1. The molecule has 0 unspecified atom stereocenters. The molecule has 6 nitrogen and oxygen atoms in total. The summed E-state index contributed by atoms with van der Waals surface area (Å²) in [4.78, 5) is 10.3. The van der Waals surface area contributed by atoms with Gasteiger partial charge in [0.1, 0.15) is 6.61 Å². The largest absolute Gasteiger partial charge is 0.378 e. The van der Waals surface area contributed by atoms with Crippen molar-refractivity contribution in [2.24, 2.45) is 0 Å². The number of halogens is 2. The van der Waals surface area contributed by atoms with Crippen molar-refractivity contribution in [3.63, 3.8) is 0 Å². The van der Waals surface area contributed by atoms with E-state index in [1.165, 1.54) is 0 Å². The Kier molecular flexibility index (Phi) is 17.5. The summed E-state index contributed by atoms with van der Waals surface area (Å²) >= 11 is 8.36. The van der Waals surface area contributed by atoms with E-state index in [4.69, 9.17) is 35.3 Å². The number of rotatable bonds is 16. The molecule has 0 aliphatic rings. The second-order valence-electron chi connectivity index (χ2n) is 3.55. The minimum atomic E-state index is -0.508. The van der Waals surface area contributed by atoms with Gasteiger partial charge in [0.25, 0.3) is 0 Å². The molecule has 0 saturated carbocycles. The van der Waals surface area contributed by atoms with Gasteiger partial charge in [0, 0.05) is 5.33 Å². The van der Waals surface area contributed by atoms with Crippen LogP contribution in [0.3, 0.4) is 0 Å². The smallest absolute Gasteiger partial charge is 0.247 e. The Morgan fingerprint density at radius 3 is 1.40 bits per heavy atom. The van der Waals surface area contributed by atoms with Gasteiger partial charge in [-0.1, -0.05) is 15.9 Å². The first kappa shape index (κ1) is 20.2. The highest BCUT2D eigenvalue weighted by Gasteiger charge is 1.95. The van der Waals surface area contributed by atoms with Crippen LogP contribution in [0.5, 0.6) is 0 Å². The number of hydrogen-bond acceptors (Lipinski definition) is 6. The lowest BCUT2D eigenvalue weighted by atomic mass is 10.7. The molecule has 0 aromatic heterocycles. The van der Waals surface area contributed by atoms with E-state index in [0.717, 1.165) is 5.33 Å². The van der Waals surface area contributed by atoms with Gasteiger partial charge >= 0.3 is 0 Å². The standard InChI is InChI=1S/C12H22BrClO6/c13-1-2-16-3-4-17-5-6-18-7-8-19-9-10-20-11-12(14)15/h1-11H2. The third-order valence-electron chi connectivity index (χ3n) is 1.93. The van der Waals surface area contributed by atoms with Crippen LogP contribution >= 0.6 is 27.5 Å². The fraction of sp³-hybridized carbons (Fsp3) is 0.917. The highest BCUT2D eigenvalue weighted by Crippen LogP contribution is 1.86. The average molecular weight is 378 g/mol. The molecule has 0 rings (SSSR count). The van der Waals surface area contributed by atoms with Gasteiger partial charge in [-0.3, -0.25) is 4.79 Å². The third-order valence-corrected chi connectivity index (χ3v) is 2.36. The molecular weight excluding hydrogens is 355 g/mol. The molecule has 0 aliphatic heterocycles. The van der Waals surface area contributed by atoms with Gasteiger partial charge < -0.3 is 23.7 Å². The first-order valence-corrected chi connectivity index (χ1v) is 7.90. The molecule has 0 amide bonds. The van der Waals surface area contributed by atoms with E-state index in [1.54, 1.807) is 0 Å². The molecule has 0 N–H and O–H groups in total. The van der Waals surface area contributed by atoms with Crippen LogP contribution in [0.4, 0.5) is 0 Å². The van der Waals surface area contributed by atoms with Gasteiger partial charge in [-0.05, 0) is 11.6 Å². The summed E-state index contributed by atoms with van der Waals surface area (Å²) in [5.41, 5.74) is 0. The molecule has 0 bridgehead atoms. The average Bonchev–Trinajstić information content (AvgIpc) is 2.43. The molecule has 0 saturated heterocycles. The minimum Gasteiger partial charge on any atom is -0.378 e. The van der Waals surface area contributed by atoms with Gasteiger partial charge in [-0.2, -0.15) is 0 Å². The van der Waals surface area contributed by atoms with Gasteiger partial charge in [-0.25, -0.2) is 0 Å². The van der Waals surface area contributed by atoms with E-state index < -0.39 is 5.24 Å². The van der Waals surface area contributed by atoms with Crippen LogP contribution in [-0.2, 0) is 28.5 Å². The Bertz CT molecular complexity index is 220. The van der Waals surface area contributed by atoms with E-state index in [0.29, 0.717) is 59.5 Å². The lowest BCUT2D eigenvalue weighted by Crippen LogP contribution is -2.14. The summed E-state index contributed by atoms with van der Waals surface area (Å²) in [6, 6.07) is 0. The monoisotopic (exact) mass is 376 g/mol. The quantitative estimate of drug-likeness (QED) is 0.229. The third kappa shape index (κ3) is 18.2. The number of ether oxygens (including phenoxy) is 5. The molecule has 0 fully saturated rings. The maximum atomic E-state index is 10.3. The van der Waals surface area contributed by atoms with Gasteiger partial charge in [0.05, 0.1) is 59.5 Å². The topological polar surface area (TPSA) is 63.2 Å². The summed E-state index contributed by atoms with van der Waals surface area (Å²) in [6.45, 7) is 4.58. The van der Waals surface area contributed by atoms with Crippen LogP contribution in [0.2, 0.25) is 0 Å². The molecule has 120 valence electrons. The lowest BCUT2D eigenvalue weighted by molar-refractivity contribution is -0.116. The minimum absolute atomic E-state index is 0.0852. The molecule has 0 atom stereocenters. The number of carbonyl (C=O) groups excluding carboxylic acids is 1. The lowest BCUT2D eigenvalue weighted by Gasteiger charge is -2.07. The molecule has 0 aromatic carbocycles. The fourth-order valence-corrected chi connectivity index (χ4v) is 1.39. The summed E-state index contributed by atoms with van der Waals surface area (Å²) in [6.07, 6.45) is 0. The van der Waals surface area contributed by atoms with Crippen molar-refractivity contribution in [2.45, 2.75) is 0 Å². The molecule has 0 spiro atoms. The Hall–Kier alpha value is 0.240. The normalized spacial score (nSPS) is 10.9. The van der Waals surface area contributed by atoms with Crippen LogP contribution in [0.15, 0.2) is 0 Å². The van der Waals surface area contributed by atoms with Crippen molar-refractivity contribution >= 4 is 32.8 Å². The predicted octanol–water partition coefficient (Wildman–Crippen LogP) is 1.23. The molecular formula is C12H22BrClO6. The van der Waals surface area contributed by atoms with Crippen molar-refractivity contribution < 1.29 is 28.5 Å². The molecule has 0 aliphatic carbocycles. The zero-order chi connectivity index (χ0) is 14.9. The fourth-order valence-electron chi connectivity index (χ4n) is 1.09. The van der Waals surface area contributed by atoms with E-state index in [9.17, 15) is 4.79 Å². The van der Waals surface area contributed by atoms with Gasteiger partial charge in [0.15, 0.2) is 0 Å². The zero-order valence-electron chi connectivity index (χ0n) is 11.5. The highest BCUT2D eigenvalue weighted by atomic mass is 79.9. The first-order chi connectivity index (χ1) is 9.77. The number of hydrogen-bond donors (Lipinski definition) is 0. The molecule has 0 aromatic rings. The van der Waals surface area contributed by atoms with Crippen LogP contribution in [0.1, 0.15) is 0 Å². The number of carbonyl (C=O) groups is 1. The van der Waals surface area contributed by atoms with Crippen molar-refractivity contribution in [3.05, 3.63) is 0 Å². The summed E-state index contributed by atoms with van der Waals surface area (Å²) in [7, 11) is 0. The molecule has 8 heteroatoms. The predicted molar refractivity (Wildman–Crippen MR) is 78.7 cm³/mol. The van der Waals surface area contributed by atoms with Gasteiger partial charge in [-0.15, -0.1) is 0 Å². The van der Waals surface area contributed by atoms with Crippen molar-refractivity contribution in [1.29, 1.82) is 0 Å². The molecule has 0 heterocycles. The Morgan fingerprint density at radius 1 is 0.700 bits per heavy atom. The Morgan fingerprint density at radius 2 is 1.05 bits per heavy atom. The summed E-state index contributed by atoms with van der Waals surface area (Å²) in [5.74, 6) is 0. The Balaban J connectivity index is 2.94. The zero-order valence-corrected chi connectivity index (χ0v) is 13.8. The van der Waals surface area contributed by atoms with E-state index >= 15 is 0 Å². The maximum absolute atomic E-state index is 10.3. The van der Waals surface area contributed by atoms with Crippen LogP contribution < -0.4 is 0 Å². The van der Waals surface area contributed by atoms with Gasteiger partial charge in [0.2, 0.25) is 5.24 Å². The van der Waals surface area contributed by atoms with Crippen molar-refractivity contribution in [1.82, 2.24) is 0 Å². The summed E-state index contributed by atoms with van der Waals surface area (Å²) < 4.78 is 25.9. The van der Waals surface area contributed by atoms with E-state index in [2.05, 4.69) is 15.9 Å².